The highest BCUT2D eigenvalue weighted by Crippen LogP contribution is 2.17. The Kier molecular flexibility index (Phi) is 7.35. The molecule has 0 saturated heterocycles. The molecule has 0 saturated carbocycles. The molecule has 0 radical (unpaired) electrons. The van der Waals surface area contributed by atoms with Gasteiger partial charge >= 0.3 is 0 Å². The Labute approximate surface area is 180 Å². The third kappa shape index (κ3) is 6.65. The topological polar surface area (TPSA) is 70.7 Å². The van der Waals surface area contributed by atoms with Gasteiger partial charge in [-0.15, -0.1) is 0 Å². The van der Waals surface area contributed by atoms with Crippen molar-refractivity contribution < 1.29 is 18.7 Å². The maximum Gasteiger partial charge on any atom is 0.255 e. The highest BCUT2D eigenvalue weighted by atomic mass is 19.1. The molecule has 0 fully saturated rings. The van der Waals surface area contributed by atoms with Crippen molar-refractivity contribution in [3.05, 3.63) is 89.7 Å². The fraction of sp³-hybridized carbons (Fsp3) is 0.167. The minimum atomic E-state index is -0.287. The van der Waals surface area contributed by atoms with Crippen molar-refractivity contribution in [3.8, 4) is 5.75 Å². The van der Waals surface area contributed by atoms with E-state index in [1.165, 1.54) is 12.1 Å². The number of rotatable bonds is 8. The van der Waals surface area contributed by atoms with Gasteiger partial charge in [-0.1, -0.05) is 12.1 Å². The molecule has 0 aliphatic carbocycles. The molecule has 3 aromatic rings. The number of hydrogen-bond acceptors (Lipinski definition) is 4. The quantitative estimate of drug-likeness (QED) is 0.573. The monoisotopic (exact) mass is 421 g/mol. The highest BCUT2D eigenvalue weighted by Gasteiger charge is 2.10. The zero-order valence-electron chi connectivity index (χ0n) is 17.4. The smallest absolute Gasteiger partial charge is 0.255 e. The molecular weight excluding hydrogens is 397 g/mol. The van der Waals surface area contributed by atoms with Gasteiger partial charge in [0.1, 0.15) is 11.6 Å². The molecule has 2 N–H and O–H groups in total. The van der Waals surface area contributed by atoms with E-state index in [9.17, 15) is 14.0 Å². The molecule has 0 heterocycles. The predicted molar refractivity (Wildman–Crippen MR) is 119 cm³/mol. The average Bonchev–Trinajstić information content (AvgIpc) is 2.76. The van der Waals surface area contributed by atoms with Crippen LogP contribution in [0.2, 0.25) is 0 Å². The van der Waals surface area contributed by atoms with Crippen LogP contribution < -0.4 is 15.4 Å². The summed E-state index contributed by atoms with van der Waals surface area (Å²) in [6.45, 7) is 0.704. The molecule has 0 spiro atoms. The standard InChI is InChI=1S/C24H24FN3O3/c1-28(15-17-3-7-19(25)8-4-17)16-23(29)26-20-9-5-18(6-10-20)24(30)27-21-11-13-22(31-2)14-12-21/h3-14H,15-16H2,1-2H3,(H,26,29)(H,27,30). The summed E-state index contributed by atoms with van der Waals surface area (Å²) < 4.78 is 18.1. The molecule has 0 unspecified atom stereocenters. The molecular formula is C24H24FN3O3. The molecule has 6 nitrogen and oxygen atoms in total. The van der Waals surface area contributed by atoms with E-state index < -0.39 is 0 Å². The zero-order chi connectivity index (χ0) is 22.2. The predicted octanol–water partition coefficient (Wildman–Crippen LogP) is 4.16. The molecule has 0 aromatic heterocycles. The summed E-state index contributed by atoms with van der Waals surface area (Å²) in [4.78, 5) is 26.5. The van der Waals surface area contributed by atoms with Gasteiger partial charge in [-0.3, -0.25) is 14.5 Å². The van der Waals surface area contributed by atoms with Gasteiger partial charge in [0.2, 0.25) is 5.91 Å². The number of ether oxygens (including phenoxy) is 1. The summed E-state index contributed by atoms with van der Waals surface area (Å²) in [6.07, 6.45) is 0. The van der Waals surface area contributed by atoms with E-state index in [-0.39, 0.29) is 24.2 Å². The van der Waals surface area contributed by atoms with Gasteiger partial charge in [-0.25, -0.2) is 4.39 Å². The van der Waals surface area contributed by atoms with Crippen molar-refractivity contribution in [2.75, 3.05) is 31.3 Å². The van der Waals surface area contributed by atoms with E-state index in [1.807, 2.05) is 11.9 Å². The van der Waals surface area contributed by atoms with Crippen LogP contribution in [0.5, 0.6) is 5.75 Å². The summed E-state index contributed by atoms with van der Waals surface area (Å²) >= 11 is 0. The number of methoxy groups -OCH3 is 1. The Morgan fingerprint density at radius 3 is 2.06 bits per heavy atom. The first kappa shape index (κ1) is 22.0. The number of halogens is 1. The summed E-state index contributed by atoms with van der Waals surface area (Å²) in [5.41, 5.74) is 2.65. The summed E-state index contributed by atoms with van der Waals surface area (Å²) in [7, 11) is 3.40. The van der Waals surface area contributed by atoms with Gasteiger partial charge in [0.15, 0.2) is 0 Å². The molecule has 7 heteroatoms. The molecule has 0 aliphatic rings. The molecule has 3 aromatic carbocycles. The van der Waals surface area contributed by atoms with Crippen LogP contribution in [0, 0.1) is 5.82 Å². The minimum Gasteiger partial charge on any atom is -0.497 e. The Balaban J connectivity index is 1.50. The summed E-state index contributed by atoms with van der Waals surface area (Å²) in [5, 5.41) is 5.62. The van der Waals surface area contributed by atoms with Crippen molar-refractivity contribution >= 4 is 23.2 Å². The van der Waals surface area contributed by atoms with Gasteiger partial charge in [0.25, 0.3) is 5.91 Å². The summed E-state index contributed by atoms with van der Waals surface area (Å²) in [5.74, 6) is -0.00574. The molecule has 2 amide bonds. The van der Waals surface area contributed by atoms with Crippen LogP contribution in [0.4, 0.5) is 15.8 Å². The number of likely N-dealkylation sites (N-methyl/N-ethyl adjacent to an activating group) is 1. The lowest BCUT2D eigenvalue weighted by Crippen LogP contribution is -2.29. The lowest BCUT2D eigenvalue weighted by molar-refractivity contribution is -0.117. The van der Waals surface area contributed by atoms with Crippen molar-refractivity contribution in [1.82, 2.24) is 4.90 Å². The number of benzene rings is 3. The first-order chi connectivity index (χ1) is 14.9. The van der Waals surface area contributed by atoms with Crippen molar-refractivity contribution in [3.63, 3.8) is 0 Å². The molecule has 31 heavy (non-hydrogen) atoms. The van der Waals surface area contributed by atoms with Crippen LogP contribution in [0.15, 0.2) is 72.8 Å². The summed E-state index contributed by atoms with van der Waals surface area (Å²) in [6, 6.07) is 19.9. The number of carbonyl (C=O) groups excluding carboxylic acids is 2. The van der Waals surface area contributed by atoms with E-state index in [4.69, 9.17) is 4.74 Å². The number of anilines is 2. The van der Waals surface area contributed by atoms with Crippen LogP contribution in [-0.2, 0) is 11.3 Å². The van der Waals surface area contributed by atoms with Crippen molar-refractivity contribution in [2.45, 2.75) is 6.54 Å². The van der Waals surface area contributed by atoms with Crippen LogP contribution in [-0.4, -0.2) is 37.4 Å². The Bertz CT molecular complexity index is 1020. The van der Waals surface area contributed by atoms with Crippen molar-refractivity contribution in [1.29, 1.82) is 0 Å². The maximum atomic E-state index is 13.0. The maximum absolute atomic E-state index is 13.0. The fourth-order valence-electron chi connectivity index (χ4n) is 2.99. The lowest BCUT2D eigenvalue weighted by Gasteiger charge is -2.16. The van der Waals surface area contributed by atoms with E-state index in [2.05, 4.69) is 10.6 Å². The first-order valence-electron chi connectivity index (χ1n) is 9.71. The zero-order valence-corrected chi connectivity index (χ0v) is 17.4. The fourth-order valence-corrected chi connectivity index (χ4v) is 2.99. The second kappa shape index (κ2) is 10.4. The number of carbonyl (C=O) groups is 2. The third-order valence-corrected chi connectivity index (χ3v) is 4.56. The van der Waals surface area contributed by atoms with Crippen LogP contribution in [0.25, 0.3) is 0 Å². The normalized spacial score (nSPS) is 10.6. The first-order valence-corrected chi connectivity index (χ1v) is 9.71. The largest absolute Gasteiger partial charge is 0.497 e. The molecule has 160 valence electrons. The van der Waals surface area contributed by atoms with E-state index in [0.29, 0.717) is 29.2 Å². The van der Waals surface area contributed by atoms with Crippen molar-refractivity contribution in [2.24, 2.45) is 0 Å². The number of nitrogens with one attached hydrogen (secondary N) is 2. The second-order valence-corrected chi connectivity index (χ2v) is 7.11. The van der Waals surface area contributed by atoms with Crippen LogP contribution in [0.1, 0.15) is 15.9 Å². The van der Waals surface area contributed by atoms with Gasteiger partial charge in [0.05, 0.1) is 13.7 Å². The lowest BCUT2D eigenvalue weighted by atomic mass is 10.2. The van der Waals surface area contributed by atoms with Gasteiger partial charge in [-0.2, -0.15) is 0 Å². The minimum absolute atomic E-state index is 0.178. The Morgan fingerprint density at radius 1 is 0.871 bits per heavy atom. The van der Waals surface area contributed by atoms with E-state index >= 15 is 0 Å². The molecule has 0 atom stereocenters. The third-order valence-electron chi connectivity index (χ3n) is 4.56. The van der Waals surface area contributed by atoms with Gasteiger partial charge < -0.3 is 15.4 Å². The highest BCUT2D eigenvalue weighted by molar-refractivity contribution is 6.04. The van der Waals surface area contributed by atoms with Gasteiger partial charge in [0, 0.05) is 23.5 Å². The van der Waals surface area contributed by atoms with Gasteiger partial charge in [-0.05, 0) is 73.3 Å². The number of amides is 2. The number of nitrogens with zero attached hydrogens (tertiary/aromatic N) is 1. The number of hydrogen-bond donors (Lipinski definition) is 2. The molecule has 0 bridgehead atoms. The average molecular weight is 421 g/mol. The second-order valence-electron chi connectivity index (χ2n) is 7.11. The van der Waals surface area contributed by atoms with Crippen LogP contribution in [0.3, 0.4) is 0 Å². The Morgan fingerprint density at radius 2 is 1.45 bits per heavy atom. The van der Waals surface area contributed by atoms with E-state index in [0.717, 1.165) is 5.56 Å². The van der Waals surface area contributed by atoms with Crippen LogP contribution >= 0.6 is 0 Å². The SMILES string of the molecule is COc1ccc(NC(=O)c2ccc(NC(=O)CN(C)Cc3ccc(F)cc3)cc2)cc1. The Hall–Kier alpha value is -3.71. The molecule has 0 aliphatic heterocycles. The van der Waals surface area contributed by atoms with E-state index in [1.54, 1.807) is 67.8 Å². The molecule has 3 rings (SSSR count).